The van der Waals surface area contributed by atoms with Crippen LogP contribution in [-0.2, 0) is 0 Å². The van der Waals surface area contributed by atoms with Crippen LogP contribution in [0.2, 0.25) is 5.02 Å². The Morgan fingerprint density at radius 3 is 2.93 bits per heavy atom. The SMILES string of the molecule is S=C(Nc1ccccc1Cl)N1CCCC2=CC3CC(CN4CCCC[C@H]34)[C@@H]21. The number of rotatable bonds is 1. The second kappa shape index (κ2) is 7.38. The highest BCUT2D eigenvalue weighted by Crippen LogP contribution is 2.45. The molecule has 0 amide bonds. The van der Waals surface area contributed by atoms with Gasteiger partial charge in [0.1, 0.15) is 0 Å². The zero-order valence-corrected chi connectivity index (χ0v) is 17.3. The van der Waals surface area contributed by atoms with Crippen LogP contribution >= 0.6 is 23.8 Å². The normalized spacial score (nSPS) is 32.9. The lowest BCUT2D eigenvalue weighted by Crippen LogP contribution is -2.60. The summed E-state index contributed by atoms with van der Waals surface area (Å²) in [6, 6.07) is 9.15. The first-order valence-electron chi connectivity index (χ1n) is 10.5. The third kappa shape index (κ3) is 3.30. The number of hydrogen-bond acceptors (Lipinski definition) is 2. The number of para-hydroxylation sites is 1. The molecule has 0 aromatic heterocycles. The van der Waals surface area contributed by atoms with Gasteiger partial charge in [-0.25, -0.2) is 0 Å². The van der Waals surface area contributed by atoms with Crippen LogP contribution in [-0.4, -0.2) is 46.6 Å². The summed E-state index contributed by atoms with van der Waals surface area (Å²) in [5.41, 5.74) is 2.56. The quantitative estimate of drug-likeness (QED) is 0.530. The molecule has 27 heavy (non-hydrogen) atoms. The molecule has 3 nitrogen and oxygen atoms in total. The van der Waals surface area contributed by atoms with Crippen LogP contribution in [0, 0.1) is 11.8 Å². The maximum absolute atomic E-state index is 6.35. The lowest BCUT2D eigenvalue weighted by Gasteiger charge is -2.55. The van der Waals surface area contributed by atoms with E-state index in [-0.39, 0.29) is 0 Å². The summed E-state index contributed by atoms with van der Waals surface area (Å²) in [6.07, 6.45) is 10.6. The highest BCUT2D eigenvalue weighted by atomic mass is 35.5. The summed E-state index contributed by atoms with van der Waals surface area (Å²) in [5.74, 6) is 1.47. The fraction of sp³-hybridized carbons (Fsp3) is 0.591. The Bertz CT molecular complexity index is 764. The average Bonchev–Trinajstić information content (AvgIpc) is 2.69. The van der Waals surface area contributed by atoms with E-state index in [1.165, 1.54) is 51.6 Å². The minimum atomic E-state index is 0.473. The number of hydrogen-bond donors (Lipinski definition) is 1. The molecule has 144 valence electrons. The second-order valence-corrected chi connectivity index (χ2v) is 9.40. The van der Waals surface area contributed by atoms with Gasteiger partial charge in [-0.15, -0.1) is 0 Å². The van der Waals surface area contributed by atoms with Gasteiger partial charge in [0.25, 0.3) is 0 Å². The predicted molar refractivity (Wildman–Crippen MR) is 116 cm³/mol. The van der Waals surface area contributed by atoms with Gasteiger partial charge >= 0.3 is 0 Å². The van der Waals surface area contributed by atoms with Crippen molar-refractivity contribution < 1.29 is 0 Å². The van der Waals surface area contributed by atoms with Gasteiger partial charge in [-0.05, 0) is 74.8 Å². The van der Waals surface area contributed by atoms with Crippen LogP contribution < -0.4 is 5.32 Å². The topological polar surface area (TPSA) is 18.5 Å². The van der Waals surface area contributed by atoms with Gasteiger partial charge in [0, 0.05) is 19.1 Å². The summed E-state index contributed by atoms with van der Waals surface area (Å²) in [5, 5.41) is 4.99. The van der Waals surface area contributed by atoms with Gasteiger partial charge < -0.3 is 10.2 Å². The minimum absolute atomic E-state index is 0.473. The van der Waals surface area contributed by atoms with Crippen LogP contribution in [0.25, 0.3) is 0 Å². The number of nitrogens with zero attached hydrogens (tertiary/aromatic N) is 2. The van der Waals surface area contributed by atoms with Crippen molar-refractivity contribution in [3.05, 3.63) is 40.9 Å². The fourth-order valence-electron chi connectivity index (χ4n) is 5.95. The lowest BCUT2D eigenvalue weighted by molar-refractivity contribution is 0.0132. The number of likely N-dealkylation sites (tertiary alicyclic amines) is 1. The van der Waals surface area contributed by atoms with Crippen molar-refractivity contribution in [2.24, 2.45) is 11.8 Å². The molecule has 4 aliphatic rings. The molecule has 3 saturated heterocycles. The molecule has 2 bridgehead atoms. The van der Waals surface area contributed by atoms with Crippen molar-refractivity contribution in [3.8, 4) is 0 Å². The summed E-state index contributed by atoms with van der Waals surface area (Å²) in [6.45, 7) is 3.58. The van der Waals surface area contributed by atoms with Gasteiger partial charge in [-0.1, -0.05) is 41.8 Å². The van der Waals surface area contributed by atoms with E-state index in [1.54, 1.807) is 5.57 Å². The first kappa shape index (κ1) is 18.0. The van der Waals surface area contributed by atoms with Crippen molar-refractivity contribution in [3.63, 3.8) is 0 Å². The number of fused-ring (bicyclic) bond motifs is 6. The van der Waals surface area contributed by atoms with E-state index in [1.807, 2.05) is 24.3 Å². The van der Waals surface area contributed by atoms with E-state index in [4.69, 9.17) is 23.8 Å². The van der Waals surface area contributed by atoms with E-state index in [2.05, 4.69) is 21.2 Å². The zero-order chi connectivity index (χ0) is 18.4. The number of nitrogens with one attached hydrogen (secondary N) is 1. The molecule has 3 fully saturated rings. The molecule has 0 saturated carbocycles. The predicted octanol–water partition coefficient (Wildman–Crippen LogP) is 4.93. The molecular formula is C22H28ClN3S. The molecule has 2 unspecified atom stereocenters. The van der Waals surface area contributed by atoms with Gasteiger partial charge in [0.05, 0.1) is 16.8 Å². The van der Waals surface area contributed by atoms with Crippen molar-refractivity contribution in [2.75, 3.05) is 25.0 Å². The van der Waals surface area contributed by atoms with Crippen LogP contribution in [0.4, 0.5) is 5.69 Å². The van der Waals surface area contributed by atoms with Gasteiger partial charge in [0.15, 0.2) is 5.11 Å². The molecule has 3 aliphatic heterocycles. The number of piperidine rings is 3. The Morgan fingerprint density at radius 1 is 1.15 bits per heavy atom. The number of anilines is 1. The third-order valence-corrected chi connectivity index (χ3v) is 7.70. The largest absolute Gasteiger partial charge is 0.342 e. The molecule has 1 aliphatic carbocycles. The molecule has 1 aromatic carbocycles. The molecular weight excluding hydrogens is 374 g/mol. The summed E-state index contributed by atoms with van der Waals surface area (Å²) >= 11 is 12.2. The Labute approximate surface area is 172 Å². The molecule has 5 heteroatoms. The molecule has 0 spiro atoms. The van der Waals surface area contributed by atoms with Crippen molar-refractivity contribution in [1.29, 1.82) is 0 Å². The van der Waals surface area contributed by atoms with Gasteiger partial charge in [0.2, 0.25) is 0 Å². The van der Waals surface area contributed by atoms with E-state index in [0.29, 0.717) is 12.0 Å². The van der Waals surface area contributed by atoms with Crippen LogP contribution in [0.3, 0.4) is 0 Å². The first-order chi connectivity index (χ1) is 13.2. The first-order valence-corrected chi connectivity index (χ1v) is 11.3. The number of benzene rings is 1. The van der Waals surface area contributed by atoms with E-state index in [9.17, 15) is 0 Å². The maximum Gasteiger partial charge on any atom is 0.173 e. The standard InChI is InChI=1S/C22H28ClN3S/c23-18-7-1-2-8-19(18)24-22(27)26-11-5-6-15-12-16-13-17(21(15)26)14-25-10-4-3-9-20(16)25/h1-2,7-8,12,16-17,20-21H,3-6,9-11,13-14H2,(H,24,27)/t16?,17?,20-,21-/m1/s1. The van der Waals surface area contributed by atoms with Crippen LogP contribution in [0.1, 0.15) is 38.5 Å². The van der Waals surface area contributed by atoms with E-state index >= 15 is 0 Å². The summed E-state index contributed by atoms with van der Waals surface area (Å²) in [7, 11) is 0. The number of halogens is 1. The molecule has 1 N–H and O–H groups in total. The molecule has 0 radical (unpaired) electrons. The third-order valence-electron chi connectivity index (χ3n) is 7.03. The smallest absolute Gasteiger partial charge is 0.173 e. The minimum Gasteiger partial charge on any atom is -0.342 e. The molecule has 1 aromatic rings. The van der Waals surface area contributed by atoms with Gasteiger partial charge in [-0.3, -0.25) is 4.90 Å². The summed E-state index contributed by atoms with van der Waals surface area (Å²) in [4.78, 5) is 5.24. The van der Waals surface area contributed by atoms with Crippen LogP contribution in [0.15, 0.2) is 35.9 Å². The highest BCUT2D eigenvalue weighted by Gasteiger charge is 2.46. The maximum atomic E-state index is 6.35. The lowest BCUT2D eigenvalue weighted by atomic mass is 9.68. The number of thiocarbonyl (C=S) groups is 1. The van der Waals surface area contributed by atoms with Crippen molar-refractivity contribution in [2.45, 2.75) is 50.6 Å². The fourth-order valence-corrected chi connectivity index (χ4v) is 6.45. The monoisotopic (exact) mass is 401 g/mol. The Balaban J connectivity index is 1.40. The Kier molecular flexibility index (Phi) is 4.91. The van der Waals surface area contributed by atoms with Crippen molar-refractivity contribution in [1.82, 2.24) is 9.80 Å². The molecule has 5 rings (SSSR count). The highest BCUT2D eigenvalue weighted by molar-refractivity contribution is 7.80. The van der Waals surface area contributed by atoms with Crippen LogP contribution in [0.5, 0.6) is 0 Å². The van der Waals surface area contributed by atoms with Crippen molar-refractivity contribution >= 4 is 34.6 Å². The Morgan fingerprint density at radius 2 is 2.04 bits per heavy atom. The summed E-state index contributed by atoms with van der Waals surface area (Å²) < 4.78 is 0. The molecule has 3 heterocycles. The zero-order valence-electron chi connectivity index (χ0n) is 15.7. The average molecular weight is 402 g/mol. The second-order valence-electron chi connectivity index (χ2n) is 8.61. The van der Waals surface area contributed by atoms with E-state index < -0.39 is 0 Å². The van der Waals surface area contributed by atoms with E-state index in [0.717, 1.165) is 34.3 Å². The van der Waals surface area contributed by atoms with Gasteiger partial charge in [-0.2, -0.15) is 0 Å². The Hall–Kier alpha value is -1.10. The molecule has 4 atom stereocenters.